The lowest BCUT2D eigenvalue weighted by Gasteiger charge is -2.25. The van der Waals surface area contributed by atoms with E-state index in [0.717, 1.165) is 12.8 Å². The van der Waals surface area contributed by atoms with Crippen molar-refractivity contribution in [1.82, 2.24) is 24.6 Å². The number of aromatic nitrogens is 3. The summed E-state index contributed by atoms with van der Waals surface area (Å²) in [4.78, 5) is 23.0. The molecule has 16 heteroatoms. The summed E-state index contributed by atoms with van der Waals surface area (Å²) in [7, 11) is -0.746. The summed E-state index contributed by atoms with van der Waals surface area (Å²) in [6, 6.07) is 12.2. The fourth-order valence-electron chi connectivity index (χ4n) is 4.81. The summed E-state index contributed by atoms with van der Waals surface area (Å²) in [5.74, 6) is 0.0184. The van der Waals surface area contributed by atoms with Gasteiger partial charge >= 0.3 is 13.7 Å². The van der Waals surface area contributed by atoms with E-state index in [1.165, 1.54) is 23.8 Å². The van der Waals surface area contributed by atoms with Gasteiger partial charge in [0, 0.05) is 14.1 Å². The Hall–Kier alpha value is -3.90. The first-order valence-electron chi connectivity index (χ1n) is 14.9. The second-order valence-corrected chi connectivity index (χ2v) is 12.8. The van der Waals surface area contributed by atoms with E-state index in [4.69, 9.17) is 18.5 Å². The Labute approximate surface area is 267 Å². The lowest BCUT2D eigenvalue weighted by molar-refractivity contribution is -0.146. The number of nitriles is 1. The van der Waals surface area contributed by atoms with E-state index in [2.05, 4.69) is 20.2 Å². The fraction of sp³-hybridized carbons (Fsp3) is 0.500. The average Bonchev–Trinajstić information content (AvgIpc) is 3.59. The predicted octanol–water partition coefficient (Wildman–Crippen LogP) is 2.95. The number of esters is 1. The summed E-state index contributed by atoms with van der Waals surface area (Å²) in [6.45, 7) is 5.08. The molecule has 3 aromatic rings. The summed E-state index contributed by atoms with van der Waals surface area (Å²) in [6.07, 6.45) is -0.296. The van der Waals surface area contributed by atoms with Crippen molar-refractivity contribution in [3.05, 3.63) is 54.5 Å². The zero-order chi connectivity index (χ0) is 33.5. The zero-order valence-electron chi connectivity index (χ0n) is 26.4. The summed E-state index contributed by atoms with van der Waals surface area (Å²) in [5, 5.41) is 39.3. The van der Waals surface area contributed by atoms with Crippen LogP contribution in [0.4, 0.5) is 5.82 Å². The molecule has 0 saturated carbocycles. The molecule has 248 valence electrons. The van der Waals surface area contributed by atoms with Crippen molar-refractivity contribution < 1.29 is 38.1 Å². The van der Waals surface area contributed by atoms with Crippen LogP contribution in [0.2, 0.25) is 0 Å². The standard InChI is InChI=1S/C30H40N7O8P/c1-6-21(7-2)15-42-29(40)20(3)35-46(41,45-22-11-9-8-10-12-22)43-16-24-26(38)27(39)30(17-31,44-24)25-14-13-23-28(33-19-36(4)5)32-18-34-37(23)25/h8-14,18-21,24,26-27,38-39H,6-7,15-16H2,1-5H3,(H,35,41)/b33-19-/t20-,24+,26+,27+,30-,46-/m0/s1. The number of hydrogen-bond acceptors (Lipinski definition) is 12. The molecule has 3 heterocycles. The molecule has 0 spiro atoms. The molecule has 1 aliphatic heterocycles. The number of nitrogens with one attached hydrogen (secondary N) is 1. The molecule has 46 heavy (non-hydrogen) atoms. The number of aliphatic hydroxyl groups excluding tert-OH is 2. The quantitative estimate of drug-likeness (QED) is 0.0936. The molecule has 15 nitrogen and oxygen atoms in total. The van der Waals surface area contributed by atoms with Crippen LogP contribution in [0, 0.1) is 17.2 Å². The minimum Gasteiger partial charge on any atom is -0.464 e. The van der Waals surface area contributed by atoms with Crippen LogP contribution in [0.25, 0.3) is 5.52 Å². The molecular weight excluding hydrogens is 617 g/mol. The van der Waals surface area contributed by atoms with Gasteiger partial charge < -0.3 is 29.1 Å². The number of aliphatic hydroxyl groups is 2. The molecule has 2 aromatic heterocycles. The highest BCUT2D eigenvalue weighted by molar-refractivity contribution is 7.52. The second-order valence-electron chi connectivity index (χ2n) is 11.1. The van der Waals surface area contributed by atoms with Crippen LogP contribution < -0.4 is 9.61 Å². The Morgan fingerprint density at radius 1 is 1.26 bits per heavy atom. The van der Waals surface area contributed by atoms with Crippen LogP contribution >= 0.6 is 7.75 Å². The Morgan fingerprint density at radius 3 is 2.63 bits per heavy atom. The van der Waals surface area contributed by atoms with E-state index >= 15 is 0 Å². The minimum atomic E-state index is -4.34. The van der Waals surface area contributed by atoms with Gasteiger partial charge in [-0.05, 0) is 37.1 Å². The number of nitrogens with zero attached hydrogens (tertiary/aromatic N) is 6. The first-order valence-corrected chi connectivity index (χ1v) is 16.4. The molecule has 1 fully saturated rings. The molecule has 0 amide bonds. The third-order valence-electron chi connectivity index (χ3n) is 7.55. The van der Waals surface area contributed by atoms with Crippen LogP contribution in [-0.2, 0) is 29.0 Å². The number of aliphatic imine (C=N–C) groups is 1. The van der Waals surface area contributed by atoms with E-state index in [9.17, 15) is 24.8 Å². The maximum Gasteiger partial charge on any atom is 0.459 e. The van der Waals surface area contributed by atoms with E-state index in [0.29, 0.717) is 11.3 Å². The van der Waals surface area contributed by atoms with Crippen molar-refractivity contribution in [3.63, 3.8) is 0 Å². The minimum absolute atomic E-state index is 0.110. The van der Waals surface area contributed by atoms with Crippen molar-refractivity contribution in [1.29, 1.82) is 5.26 Å². The molecule has 1 saturated heterocycles. The molecule has 0 aliphatic carbocycles. The van der Waals surface area contributed by atoms with Gasteiger partial charge in [0.05, 0.1) is 25.2 Å². The van der Waals surface area contributed by atoms with Crippen LogP contribution in [0.5, 0.6) is 5.75 Å². The lowest BCUT2D eigenvalue weighted by Crippen LogP contribution is -2.41. The van der Waals surface area contributed by atoms with E-state index in [1.807, 2.05) is 19.9 Å². The van der Waals surface area contributed by atoms with Gasteiger partial charge in [-0.15, -0.1) is 0 Å². The topological polar surface area (TPSA) is 193 Å². The number of carbonyl (C=O) groups excluding carboxylic acids is 1. The molecule has 1 aliphatic rings. The number of carbonyl (C=O) groups is 1. The van der Waals surface area contributed by atoms with E-state index in [1.54, 1.807) is 61.7 Å². The van der Waals surface area contributed by atoms with Gasteiger partial charge in [-0.3, -0.25) is 9.32 Å². The number of benzene rings is 1. The number of ether oxygens (including phenoxy) is 2. The lowest BCUT2D eigenvalue weighted by atomic mass is 9.92. The van der Waals surface area contributed by atoms with Gasteiger partial charge in [0.2, 0.25) is 5.60 Å². The Morgan fingerprint density at radius 2 is 1.98 bits per heavy atom. The van der Waals surface area contributed by atoms with Crippen LogP contribution in [0.15, 0.2) is 53.8 Å². The van der Waals surface area contributed by atoms with Gasteiger partial charge in [-0.25, -0.2) is 19.1 Å². The summed E-state index contributed by atoms with van der Waals surface area (Å²) < 4.78 is 38.1. The van der Waals surface area contributed by atoms with Gasteiger partial charge in [0.15, 0.2) is 5.82 Å². The first kappa shape index (κ1) is 35.0. The van der Waals surface area contributed by atoms with Gasteiger partial charge in [-0.2, -0.15) is 15.4 Å². The third kappa shape index (κ3) is 7.72. The zero-order valence-corrected chi connectivity index (χ0v) is 27.3. The van der Waals surface area contributed by atoms with E-state index < -0.39 is 50.3 Å². The number of para-hydroxylation sites is 1. The highest BCUT2D eigenvalue weighted by Gasteiger charge is 2.58. The highest BCUT2D eigenvalue weighted by Crippen LogP contribution is 2.47. The first-order chi connectivity index (χ1) is 22.0. The predicted molar refractivity (Wildman–Crippen MR) is 167 cm³/mol. The maximum atomic E-state index is 14.0. The third-order valence-corrected chi connectivity index (χ3v) is 9.19. The van der Waals surface area contributed by atoms with Crippen LogP contribution in [0.3, 0.4) is 0 Å². The van der Waals surface area contributed by atoms with Gasteiger partial charge in [-0.1, -0.05) is 44.9 Å². The molecule has 0 unspecified atom stereocenters. The normalized spacial score (nSPS) is 23.3. The Kier molecular flexibility index (Phi) is 11.5. The van der Waals surface area contributed by atoms with E-state index in [-0.39, 0.29) is 24.0 Å². The van der Waals surface area contributed by atoms with Gasteiger partial charge in [0.25, 0.3) is 0 Å². The summed E-state index contributed by atoms with van der Waals surface area (Å²) >= 11 is 0. The van der Waals surface area contributed by atoms with Crippen molar-refractivity contribution in [3.8, 4) is 11.8 Å². The SMILES string of the molecule is CCC(CC)COC(=O)[C@H](C)N[P@](=O)(OC[C@H]1O[C@@](C#N)(c2ccc3c(/N=C\N(C)C)ncnn23)[C@H](O)[C@@H]1O)Oc1ccccc1. The van der Waals surface area contributed by atoms with Crippen molar-refractivity contribution in [2.75, 3.05) is 27.3 Å². The van der Waals surface area contributed by atoms with Crippen LogP contribution in [-0.4, -0.2) is 93.7 Å². The van der Waals surface area contributed by atoms with Crippen molar-refractivity contribution in [2.24, 2.45) is 10.9 Å². The van der Waals surface area contributed by atoms with Crippen molar-refractivity contribution >= 4 is 31.4 Å². The molecule has 4 rings (SSSR count). The van der Waals surface area contributed by atoms with Crippen molar-refractivity contribution in [2.45, 2.75) is 63.6 Å². The molecule has 6 atom stereocenters. The molecule has 1 aromatic carbocycles. The average molecular weight is 658 g/mol. The maximum absolute atomic E-state index is 14.0. The molecule has 0 radical (unpaired) electrons. The monoisotopic (exact) mass is 657 g/mol. The fourth-order valence-corrected chi connectivity index (χ4v) is 6.31. The summed E-state index contributed by atoms with van der Waals surface area (Å²) in [5.41, 5.74) is -1.57. The highest BCUT2D eigenvalue weighted by atomic mass is 31.2. The molecule has 0 bridgehead atoms. The molecule has 3 N–H and O–H groups in total. The Balaban J connectivity index is 1.56. The Bertz CT molecular complexity index is 1590. The number of rotatable bonds is 15. The van der Waals surface area contributed by atoms with Gasteiger partial charge in [0.1, 0.15) is 48.0 Å². The smallest absolute Gasteiger partial charge is 0.459 e. The second kappa shape index (κ2) is 15.1. The van der Waals surface area contributed by atoms with Crippen LogP contribution in [0.1, 0.15) is 39.3 Å². The molecular formula is C30H40N7O8P. The number of hydrogen-bond donors (Lipinski definition) is 3. The largest absolute Gasteiger partial charge is 0.464 e. The number of fused-ring (bicyclic) bond motifs is 1.